The molecule has 0 fully saturated rings. The quantitative estimate of drug-likeness (QED) is 0.351. The molecule has 0 aliphatic rings. The third-order valence-electron chi connectivity index (χ3n) is 5.32. The Balaban J connectivity index is 1.43. The zero-order chi connectivity index (χ0) is 22.2. The molecule has 1 heterocycles. The Morgan fingerprint density at radius 1 is 0.875 bits per heavy atom. The molecule has 0 bridgehead atoms. The maximum absolute atomic E-state index is 11.6. The molecule has 5 heteroatoms. The van der Waals surface area contributed by atoms with Gasteiger partial charge in [-0.15, -0.1) is 0 Å². The molecule has 1 aromatic heterocycles. The van der Waals surface area contributed by atoms with Crippen LogP contribution < -0.4 is 4.74 Å². The van der Waals surface area contributed by atoms with E-state index in [1.54, 1.807) is 12.1 Å². The summed E-state index contributed by atoms with van der Waals surface area (Å²) < 4.78 is 11.4. The van der Waals surface area contributed by atoms with Gasteiger partial charge in [-0.25, -0.2) is 4.79 Å². The molecule has 0 aliphatic heterocycles. The largest absolute Gasteiger partial charge is 0.479 e. The van der Waals surface area contributed by atoms with Gasteiger partial charge >= 0.3 is 5.97 Å². The van der Waals surface area contributed by atoms with Gasteiger partial charge in [0.1, 0.15) is 11.5 Å². The summed E-state index contributed by atoms with van der Waals surface area (Å²) in [6.07, 6.45) is 0.719. The summed E-state index contributed by atoms with van der Waals surface area (Å²) in [5.41, 5.74) is 3.06. The Bertz CT molecular complexity index is 1070. The lowest BCUT2D eigenvalue weighted by atomic mass is 9.89. The summed E-state index contributed by atoms with van der Waals surface area (Å²) in [5.74, 6) is 0.305. The number of benzene rings is 3. The van der Waals surface area contributed by atoms with Crippen molar-refractivity contribution < 1.29 is 19.2 Å². The van der Waals surface area contributed by atoms with E-state index in [2.05, 4.69) is 29.4 Å². The Labute approximate surface area is 187 Å². The Morgan fingerprint density at radius 2 is 1.44 bits per heavy atom. The Kier molecular flexibility index (Phi) is 6.98. The van der Waals surface area contributed by atoms with E-state index < -0.39 is 12.1 Å². The number of hydrogen-bond donors (Lipinski definition) is 1. The van der Waals surface area contributed by atoms with Gasteiger partial charge < -0.3 is 14.4 Å². The average molecular weight is 428 g/mol. The topological polar surface area (TPSA) is 72.6 Å². The van der Waals surface area contributed by atoms with Crippen molar-refractivity contribution in [2.45, 2.75) is 31.3 Å². The van der Waals surface area contributed by atoms with E-state index in [0.717, 1.165) is 22.6 Å². The van der Waals surface area contributed by atoms with Gasteiger partial charge in [-0.2, -0.15) is 0 Å². The second-order valence-corrected chi connectivity index (χ2v) is 7.63. The normalized spacial score (nSPS) is 11.9. The summed E-state index contributed by atoms with van der Waals surface area (Å²) in [7, 11) is 0. The molecule has 1 atom stereocenters. The maximum atomic E-state index is 11.6. The van der Waals surface area contributed by atoms with E-state index in [4.69, 9.17) is 9.26 Å². The van der Waals surface area contributed by atoms with E-state index in [9.17, 15) is 9.90 Å². The van der Waals surface area contributed by atoms with Crippen molar-refractivity contribution in [2.24, 2.45) is 0 Å². The lowest BCUT2D eigenvalue weighted by molar-refractivity contribution is -0.145. The van der Waals surface area contributed by atoms with E-state index in [1.165, 1.54) is 0 Å². The van der Waals surface area contributed by atoms with E-state index >= 15 is 0 Å². The van der Waals surface area contributed by atoms with Gasteiger partial charge in [-0.05, 0) is 42.5 Å². The van der Waals surface area contributed by atoms with E-state index in [0.29, 0.717) is 25.0 Å². The minimum Gasteiger partial charge on any atom is -0.479 e. The minimum absolute atomic E-state index is 0.0492. The maximum Gasteiger partial charge on any atom is 0.344 e. The molecule has 5 nitrogen and oxygen atoms in total. The highest BCUT2D eigenvalue weighted by atomic mass is 16.5. The van der Waals surface area contributed by atoms with Gasteiger partial charge in [-0.1, -0.05) is 84.0 Å². The molecular weight excluding hydrogens is 402 g/mol. The van der Waals surface area contributed by atoms with Crippen LogP contribution in [0, 0.1) is 0 Å². The number of rotatable bonds is 10. The van der Waals surface area contributed by atoms with Crippen LogP contribution in [0.2, 0.25) is 0 Å². The van der Waals surface area contributed by atoms with Crippen LogP contribution in [0.3, 0.4) is 0 Å². The Morgan fingerprint density at radius 3 is 2.00 bits per heavy atom. The number of carbonyl (C=O) groups is 1. The summed E-state index contributed by atoms with van der Waals surface area (Å²) in [5, 5.41) is 13.8. The van der Waals surface area contributed by atoms with Crippen LogP contribution in [0.25, 0.3) is 0 Å². The first-order chi connectivity index (χ1) is 15.7. The molecule has 4 aromatic rings. The van der Waals surface area contributed by atoms with Gasteiger partial charge in [0.05, 0.1) is 11.6 Å². The van der Waals surface area contributed by atoms with Crippen LogP contribution in [0.1, 0.15) is 41.3 Å². The fourth-order valence-electron chi connectivity index (χ4n) is 3.76. The van der Waals surface area contributed by atoms with Gasteiger partial charge in [-0.3, -0.25) is 0 Å². The second kappa shape index (κ2) is 10.4. The molecule has 0 amide bonds. The van der Waals surface area contributed by atoms with Gasteiger partial charge in [0.15, 0.2) is 6.10 Å². The number of nitrogens with zero attached hydrogens (tertiary/aromatic N) is 1. The smallest absolute Gasteiger partial charge is 0.344 e. The van der Waals surface area contributed by atoms with Gasteiger partial charge in [0.2, 0.25) is 0 Å². The number of hydrogen-bond acceptors (Lipinski definition) is 4. The fraction of sp³-hybridized carbons (Fsp3) is 0.185. The highest BCUT2D eigenvalue weighted by Gasteiger charge is 2.22. The number of aryl methyl sites for hydroxylation is 1. The van der Waals surface area contributed by atoms with Crippen molar-refractivity contribution in [1.82, 2.24) is 5.16 Å². The lowest BCUT2D eigenvalue weighted by Crippen LogP contribution is -2.27. The molecule has 32 heavy (non-hydrogen) atoms. The third kappa shape index (κ3) is 5.43. The van der Waals surface area contributed by atoms with Crippen molar-refractivity contribution in [3.63, 3.8) is 0 Å². The monoisotopic (exact) mass is 427 g/mol. The molecule has 0 spiro atoms. The van der Waals surface area contributed by atoms with Crippen molar-refractivity contribution >= 4 is 5.97 Å². The molecule has 1 N–H and O–H groups in total. The zero-order valence-electron chi connectivity index (χ0n) is 17.6. The van der Waals surface area contributed by atoms with Crippen molar-refractivity contribution in [3.05, 3.63) is 120 Å². The van der Waals surface area contributed by atoms with Crippen molar-refractivity contribution in [2.75, 3.05) is 0 Å². The molecule has 3 aromatic carbocycles. The van der Waals surface area contributed by atoms with Crippen LogP contribution in [-0.2, 0) is 11.2 Å². The first-order valence-corrected chi connectivity index (χ1v) is 10.7. The lowest BCUT2D eigenvalue weighted by Gasteiger charge is -2.15. The van der Waals surface area contributed by atoms with Crippen LogP contribution in [-0.4, -0.2) is 22.3 Å². The molecule has 162 valence electrons. The van der Waals surface area contributed by atoms with E-state index in [1.807, 2.05) is 60.7 Å². The minimum atomic E-state index is -0.970. The van der Waals surface area contributed by atoms with Crippen LogP contribution >= 0.6 is 0 Å². The summed E-state index contributed by atoms with van der Waals surface area (Å²) in [6.45, 7) is 0. The summed E-state index contributed by atoms with van der Waals surface area (Å²) in [4.78, 5) is 11.6. The molecule has 1 unspecified atom stereocenters. The van der Waals surface area contributed by atoms with Crippen LogP contribution in [0.4, 0.5) is 0 Å². The number of carboxylic acid groups (broad SMARTS) is 1. The van der Waals surface area contributed by atoms with Crippen LogP contribution in [0.5, 0.6) is 5.75 Å². The number of carboxylic acids is 1. The first kappa shape index (κ1) is 21.4. The first-order valence-electron chi connectivity index (χ1n) is 10.7. The van der Waals surface area contributed by atoms with Crippen LogP contribution in [0.15, 0.2) is 102 Å². The van der Waals surface area contributed by atoms with Gasteiger partial charge in [0, 0.05) is 6.07 Å². The molecule has 0 saturated heterocycles. The average Bonchev–Trinajstić information content (AvgIpc) is 3.29. The summed E-state index contributed by atoms with van der Waals surface area (Å²) in [6, 6.07) is 31.4. The molecule has 4 rings (SSSR count). The van der Waals surface area contributed by atoms with Crippen molar-refractivity contribution in [1.29, 1.82) is 0 Å². The van der Waals surface area contributed by atoms with Gasteiger partial charge in [0.25, 0.3) is 0 Å². The fourth-order valence-corrected chi connectivity index (χ4v) is 3.76. The zero-order valence-corrected chi connectivity index (χ0v) is 17.6. The number of aliphatic carboxylic acids is 1. The summed E-state index contributed by atoms with van der Waals surface area (Å²) >= 11 is 0. The number of aromatic nitrogens is 1. The van der Waals surface area contributed by atoms with E-state index in [-0.39, 0.29) is 5.92 Å². The standard InChI is InChI=1S/C27H25NO4/c29-27(30)24(31-23-16-8-3-9-17-23)18-10-15-22-19-25(32-28-22)26(20-11-4-1-5-12-20)21-13-6-2-7-14-21/h1-9,11-14,16-17,19,24,26H,10,15,18H2,(H,29,30). The molecule has 0 saturated carbocycles. The molecule has 0 radical (unpaired) electrons. The highest BCUT2D eigenvalue weighted by molar-refractivity contribution is 5.72. The number of ether oxygens (including phenoxy) is 1. The molecular formula is C27H25NO4. The number of para-hydroxylation sites is 1. The third-order valence-corrected chi connectivity index (χ3v) is 5.32. The predicted molar refractivity (Wildman–Crippen MR) is 122 cm³/mol. The Hall–Kier alpha value is -3.86. The molecule has 0 aliphatic carbocycles. The SMILES string of the molecule is O=C(O)C(CCCc1cc(C(c2ccccc2)c2ccccc2)on1)Oc1ccccc1. The highest BCUT2D eigenvalue weighted by Crippen LogP contribution is 2.32. The predicted octanol–water partition coefficient (Wildman–Crippen LogP) is 5.71. The second-order valence-electron chi connectivity index (χ2n) is 7.63. The van der Waals surface area contributed by atoms with Crippen molar-refractivity contribution in [3.8, 4) is 5.75 Å².